The normalized spacial score (nSPS) is 19.6. The van der Waals surface area contributed by atoms with Crippen molar-refractivity contribution in [3.8, 4) is 6.07 Å². The third-order valence-electron chi connectivity index (χ3n) is 5.05. The van der Waals surface area contributed by atoms with E-state index in [-0.39, 0.29) is 5.79 Å². The number of hydrogen-bond donors (Lipinski definition) is 1. The van der Waals surface area contributed by atoms with E-state index in [0.717, 1.165) is 54.8 Å². The maximum atomic E-state index is 9.29. The van der Waals surface area contributed by atoms with Crippen molar-refractivity contribution < 1.29 is 9.47 Å². The molecule has 0 aromatic carbocycles. The van der Waals surface area contributed by atoms with Crippen LogP contribution >= 0.6 is 11.3 Å². The van der Waals surface area contributed by atoms with Gasteiger partial charge in [-0.3, -0.25) is 0 Å². The molecule has 132 valence electrons. The molecular formula is C18H22N4O2S. The second-order valence-electron chi connectivity index (χ2n) is 6.62. The Bertz CT molecular complexity index is 826. The number of nitriles is 1. The molecule has 1 spiro atoms. The molecule has 6 nitrogen and oxygen atoms in total. The Balaban J connectivity index is 1.67. The number of fused-ring (bicyclic) bond motifs is 1. The molecular weight excluding hydrogens is 336 g/mol. The number of aromatic nitrogens is 1. The van der Waals surface area contributed by atoms with Crippen molar-refractivity contribution >= 4 is 33.1 Å². The number of piperidine rings is 1. The lowest BCUT2D eigenvalue weighted by molar-refractivity contribution is -0.169. The summed E-state index contributed by atoms with van der Waals surface area (Å²) in [5.74, 6) is 0.586. The molecule has 0 aliphatic carbocycles. The molecule has 0 saturated carbocycles. The molecule has 0 unspecified atom stereocenters. The Morgan fingerprint density at radius 2 is 2.08 bits per heavy atom. The summed E-state index contributed by atoms with van der Waals surface area (Å²) < 4.78 is 11.6. The standard InChI is InChI=1S/C18H22N4O2S/c1-2-3-12-10-14(21-17-15(12)16(20)13(11-19)25-17)22-6-4-18(5-7-22)23-8-9-24-18/h10H,2-9,20H2,1H3. The second kappa shape index (κ2) is 6.45. The van der Waals surface area contributed by atoms with E-state index < -0.39 is 0 Å². The van der Waals surface area contributed by atoms with Gasteiger partial charge < -0.3 is 20.1 Å². The highest BCUT2D eigenvalue weighted by Crippen LogP contribution is 2.38. The van der Waals surface area contributed by atoms with E-state index in [1.165, 1.54) is 16.9 Å². The number of rotatable bonds is 3. The van der Waals surface area contributed by atoms with Crippen LogP contribution in [0.4, 0.5) is 11.5 Å². The molecule has 2 aromatic heterocycles. The number of nitrogen functional groups attached to an aromatic ring is 1. The minimum absolute atomic E-state index is 0.381. The first-order valence-electron chi connectivity index (χ1n) is 8.80. The van der Waals surface area contributed by atoms with E-state index >= 15 is 0 Å². The minimum Gasteiger partial charge on any atom is -0.396 e. The smallest absolute Gasteiger partial charge is 0.171 e. The van der Waals surface area contributed by atoms with Gasteiger partial charge in [0.2, 0.25) is 0 Å². The van der Waals surface area contributed by atoms with Crippen molar-refractivity contribution in [3.05, 3.63) is 16.5 Å². The van der Waals surface area contributed by atoms with Gasteiger partial charge in [-0.25, -0.2) is 4.98 Å². The number of aryl methyl sites for hydroxylation is 1. The van der Waals surface area contributed by atoms with Crippen LogP contribution in [-0.2, 0) is 15.9 Å². The van der Waals surface area contributed by atoms with Crippen LogP contribution in [0.3, 0.4) is 0 Å². The summed E-state index contributed by atoms with van der Waals surface area (Å²) in [6, 6.07) is 4.34. The highest BCUT2D eigenvalue weighted by molar-refractivity contribution is 7.19. The zero-order valence-corrected chi connectivity index (χ0v) is 15.2. The van der Waals surface area contributed by atoms with Gasteiger partial charge in [0.05, 0.1) is 18.9 Å². The van der Waals surface area contributed by atoms with Crippen molar-refractivity contribution in [1.82, 2.24) is 4.98 Å². The molecule has 0 atom stereocenters. The number of hydrogen-bond acceptors (Lipinski definition) is 7. The monoisotopic (exact) mass is 358 g/mol. The van der Waals surface area contributed by atoms with Crippen LogP contribution in [0, 0.1) is 11.3 Å². The molecule has 0 amide bonds. The van der Waals surface area contributed by atoms with Crippen LogP contribution in [0.1, 0.15) is 36.6 Å². The van der Waals surface area contributed by atoms with Crippen LogP contribution in [0.5, 0.6) is 0 Å². The van der Waals surface area contributed by atoms with Gasteiger partial charge in [-0.05, 0) is 18.1 Å². The van der Waals surface area contributed by atoms with Crippen LogP contribution < -0.4 is 10.6 Å². The van der Waals surface area contributed by atoms with Crippen molar-refractivity contribution in [2.24, 2.45) is 0 Å². The van der Waals surface area contributed by atoms with E-state index in [4.69, 9.17) is 20.2 Å². The highest BCUT2D eigenvalue weighted by Gasteiger charge is 2.40. The molecule has 7 heteroatoms. The van der Waals surface area contributed by atoms with Crippen LogP contribution in [0.15, 0.2) is 6.07 Å². The Morgan fingerprint density at radius 3 is 2.72 bits per heavy atom. The van der Waals surface area contributed by atoms with Crippen LogP contribution in [0.25, 0.3) is 10.2 Å². The first kappa shape index (κ1) is 16.6. The molecule has 4 rings (SSSR count). The lowest BCUT2D eigenvalue weighted by Gasteiger charge is -2.38. The van der Waals surface area contributed by atoms with Gasteiger partial charge in [0, 0.05) is 31.3 Å². The van der Waals surface area contributed by atoms with E-state index in [9.17, 15) is 5.26 Å². The fraction of sp³-hybridized carbons (Fsp3) is 0.556. The number of ether oxygens (including phenoxy) is 2. The Morgan fingerprint density at radius 1 is 1.36 bits per heavy atom. The summed E-state index contributed by atoms with van der Waals surface area (Å²) in [5.41, 5.74) is 7.95. The maximum Gasteiger partial charge on any atom is 0.171 e. The lowest BCUT2D eigenvalue weighted by atomic mass is 10.0. The van der Waals surface area contributed by atoms with Gasteiger partial charge in [-0.15, -0.1) is 11.3 Å². The molecule has 2 fully saturated rings. The number of nitrogens with two attached hydrogens (primary N) is 1. The average molecular weight is 358 g/mol. The fourth-order valence-corrected chi connectivity index (χ4v) is 4.69. The highest BCUT2D eigenvalue weighted by atomic mass is 32.1. The fourth-order valence-electron chi connectivity index (χ4n) is 3.76. The Kier molecular flexibility index (Phi) is 4.28. The van der Waals surface area contributed by atoms with Gasteiger partial charge in [-0.1, -0.05) is 13.3 Å². The largest absolute Gasteiger partial charge is 0.396 e. The van der Waals surface area contributed by atoms with Gasteiger partial charge in [0.25, 0.3) is 0 Å². The van der Waals surface area contributed by atoms with Crippen molar-refractivity contribution in [2.75, 3.05) is 36.9 Å². The van der Waals surface area contributed by atoms with Crippen molar-refractivity contribution in [2.45, 2.75) is 38.4 Å². The van der Waals surface area contributed by atoms with Crippen LogP contribution in [-0.4, -0.2) is 37.1 Å². The topological polar surface area (TPSA) is 84.4 Å². The Hall–Kier alpha value is -1.88. The molecule has 4 heterocycles. The zero-order chi connectivity index (χ0) is 17.4. The summed E-state index contributed by atoms with van der Waals surface area (Å²) in [5, 5.41) is 10.3. The molecule has 2 N–H and O–H groups in total. The number of anilines is 2. The number of thiophene rings is 1. The van der Waals surface area contributed by atoms with Crippen molar-refractivity contribution in [1.29, 1.82) is 5.26 Å². The summed E-state index contributed by atoms with van der Waals surface area (Å²) in [6.07, 6.45) is 3.67. The average Bonchev–Trinajstić information content (AvgIpc) is 3.20. The molecule has 0 bridgehead atoms. The van der Waals surface area contributed by atoms with Crippen LogP contribution in [0.2, 0.25) is 0 Å². The minimum atomic E-state index is -0.381. The first-order valence-corrected chi connectivity index (χ1v) is 9.62. The third kappa shape index (κ3) is 2.84. The predicted molar refractivity (Wildman–Crippen MR) is 98.8 cm³/mol. The van der Waals surface area contributed by atoms with E-state index in [1.807, 2.05) is 0 Å². The molecule has 2 aliphatic heterocycles. The number of pyridine rings is 1. The summed E-state index contributed by atoms with van der Waals surface area (Å²) in [6.45, 7) is 5.25. The van der Waals surface area contributed by atoms with Gasteiger partial charge in [0.1, 0.15) is 21.6 Å². The third-order valence-corrected chi connectivity index (χ3v) is 6.05. The second-order valence-corrected chi connectivity index (χ2v) is 7.62. The molecule has 2 aromatic rings. The molecule has 25 heavy (non-hydrogen) atoms. The first-order chi connectivity index (χ1) is 12.2. The van der Waals surface area contributed by atoms with Crippen molar-refractivity contribution in [3.63, 3.8) is 0 Å². The zero-order valence-electron chi connectivity index (χ0n) is 14.4. The summed E-state index contributed by atoms with van der Waals surface area (Å²) in [4.78, 5) is 8.53. The molecule has 2 aliphatic rings. The van der Waals surface area contributed by atoms with Gasteiger partial charge >= 0.3 is 0 Å². The molecule has 2 saturated heterocycles. The molecule has 0 radical (unpaired) electrons. The van der Waals surface area contributed by atoms with Gasteiger partial charge in [0.15, 0.2) is 5.79 Å². The summed E-state index contributed by atoms with van der Waals surface area (Å²) in [7, 11) is 0. The SMILES string of the molecule is CCCc1cc(N2CCC3(CC2)OCCO3)nc2sc(C#N)c(N)c12. The van der Waals surface area contributed by atoms with Gasteiger partial charge in [-0.2, -0.15) is 5.26 Å². The lowest BCUT2D eigenvalue weighted by Crippen LogP contribution is -2.45. The van der Waals surface area contributed by atoms with E-state index in [0.29, 0.717) is 23.8 Å². The predicted octanol–water partition coefficient (Wildman–Crippen LogP) is 3.05. The number of nitrogens with zero attached hydrogens (tertiary/aromatic N) is 3. The van der Waals surface area contributed by atoms with E-state index in [2.05, 4.69) is 24.0 Å². The van der Waals surface area contributed by atoms with E-state index in [1.54, 1.807) is 0 Å². The Labute approximate surface area is 151 Å². The summed E-state index contributed by atoms with van der Waals surface area (Å²) >= 11 is 1.39. The maximum absolute atomic E-state index is 9.29. The quantitative estimate of drug-likeness (QED) is 0.908.